The minimum Gasteiger partial charge on any atom is -0.467 e. The van der Waals surface area contributed by atoms with Gasteiger partial charge < -0.3 is 20.4 Å². The molecule has 2 aromatic carbocycles. The molecule has 2 amide bonds. The Morgan fingerprint density at radius 2 is 1.93 bits per heavy atom. The second kappa shape index (κ2) is 7.79. The lowest BCUT2D eigenvalue weighted by Gasteiger charge is -2.26. The van der Waals surface area contributed by atoms with E-state index in [1.807, 2.05) is 42.6 Å². The molecule has 0 fully saturated rings. The Morgan fingerprint density at radius 3 is 2.76 bits per heavy atom. The highest BCUT2D eigenvalue weighted by Crippen LogP contribution is 2.32. The lowest BCUT2D eigenvalue weighted by molar-refractivity contribution is -0.145. The Hall–Kier alpha value is -3.61. The molecule has 0 saturated heterocycles. The van der Waals surface area contributed by atoms with Crippen LogP contribution in [0, 0.1) is 0 Å². The van der Waals surface area contributed by atoms with Crippen molar-refractivity contribution in [2.24, 2.45) is 0 Å². The number of amides is 2. The normalized spacial score (nSPS) is 16.6. The van der Waals surface area contributed by atoms with Gasteiger partial charge in [0.25, 0.3) is 0 Å². The van der Waals surface area contributed by atoms with Crippen LogP contribution in [0.15, 0.2) is 54.7 Å². The number of aromatic amines is 1. The third kappa shape index (κ3) is 3.71. The van der Waals surface area contributed by atoms with E-state index in [-0.39, 0.29) is 24.7 Å². The second-order valence-electron chi connectivity index (χ2n) is 7.04. The van der Waals surface area contributed by atoms with Crippen LogP contribution in [0.3, 0.4) is 0 Å². The molecule has 2 atom stereocenters. The number of hydrogen-bond acceptors (Lipinski definition) is 4. The number of para-hydroxylation sites is 2. The van der Waals surface area contributed by atoms with E-state index in [9.17, 15) is 14.4 Å². The molecule has 1 unspecified atom stereocenters. The summed E-state index contributed by atoms with van der Waals surface area (Å²) in [4.78, 5) is 40.6. The number of carbonyl (C=O) groups excluding carboxylic acids is 3. The van der Waals surface area contributed by atoms with Crippen molar-refractivity contribution in [3.05, 3.63) is 65.9 Å². The second-order valence-corrected chi connectivity index (χ2v) is 7.04. The molecule has 1 aromatic heterocycles. The molecule has 0 radical (unpaired) electrons. The first-order chi connectivity index (χ1) is 14.1. The van der Waals surface area contributed by atoms with E-state index >= 15 is 0 Å². The first-order valence-electron chi connectivity index (χ1n) is 9.39. The van der Waals surface area contributed by atoms with Crippen molar-refractivity contribution in [2.45, 2.75) is 24.8 Å². The van der Waals surface area contributed by atoms with Gasteiger partial charge in [-0.05, 0) is 23.3 Å². The summed E-state index contributed by atoms with van der Waals surface area (Å²) in [6, 6.07) is 14.1. The number of esters is 1. The van der Waals surface area contributed by atoms with Crippen molar-refractivity contribution in [2.75, 3.05) is 12.4 Å². The number of ether oxygens (including phenoxy) is 1. The van der Waals surface area contributed by atoms with Crippen molar-refractivity contribution in [1.29, 1.82) is 0 Å². The lowest BCUT2D eigenvalue weighted by Crippen LogP contribution is -2.46. The first-order valence-corrected chi connectivity index (χ1v) is 9.39. The summed E-state index contributed by atoms with van der Waals surface area (Å²) in [5, 5.41) is 6.55. The number of aromatic nitrogens is 1. The van der Waals surface area contributed by atoms with Crippen LogP contribution in [0.4, 0.5) is 5.69 Å². The molecule has 0 spiro atoms. The minimum atomic E-state index is -0.858. The fourth-order valence-corrected chi connectivity index (χ4v) is 3.77. The van der Waals surface area contributed by atoms with Gasteiger partial charge in [0.1, 0.15) is 6.04 Å². The predicted molar refractivity (Wildman–Crippen MR) is 108 cm³/mol. The molecule has 0 bridgehead atoms. The Balaban J connectivity index is 1.58. The van der Waals surface area contributed by atoms with E-state index in [1.54, 1.807) is 12.1 Å². The van der Waals surface area contributed by atoms with Crippen LogP contribution in [0.5, 0.6) is 0 Å². The van der Waals surface area contributed by atoms with Gasteiger partial charge >= 0.3 is 5.97 Å². The van der Waals surface area contributed by atoms with Crippen molar-refractivity contribution in [3.8, 4) is 0 Å². The average Bonchev–Trinajstić information content (AvgIpc) is 3.15. The van der Waals surface area contributed by atoms with Gasteiger partial charge in [0.15, 0.2) is 0 Å². The first kappa shape index (κ1) is 18.7. The summed E-state index contributed by atoms with van der Waals surface area (Å²) >= 11 is 0. The highest BCUT2D eigenvalue weighted by Gasteiger charge is 2.33. The van der Waals surface area contributed by atoms with E-state index in [0.29, 0.717) is 5.69 Å². The van der Waals surface area contributed by atoms with E-state index in [0.717, 1.165) is 22.0 Å². The molecule has 1 aliphatic rings. The fourth-order valence-electron chi connectivity index (χ4n) is 3.77. The zero-order valence-electron chi connectivity index (χ0n) is 15.9. The van der Waals surface area contributed by atoms with Crippen LogP contribution in [0.2, 0.25) is 0 Å². The molecule has 7 heteroatoms. The molecule has 29 heavy (non-hydrogen) atoms. The SMILES string of the molecule is COC(=O)[C@@H](Cc1c[nH]c2ccccc12)NC(=O)C1CC(=O)Nc2ccccc21. The van der Waals surface area contributed by atoms with Crippen LogP contribution in [-0.2, 0) is 25.5 Å². The molecule has 7 nitrogen and oxygen atoms in total. The number of anilines is 1. The highest BCUT2D eigenvalue weighted by atomic mass is 16.5. The van der Waals surface area contributed by atoms with Crippen molar-refractivity contribution in [1.82, 2.24) is 10.3 Å². The third-order valence-electron chi connectivity index (χ3n) is 5.22. The van der Waals surface area contributed by atoms with E-state index in [4.69, 9.17) is 4.74 Å². The van der Waals surface area contributed by atoms with Crippen LogP contribution in [-0.4, -0.2) is 35.9 Å². The highest BCUT2D eigenvalue weighted by molar-refractivity contribution is 6.01. The molecular formula is C22H21N3O4. The number of benzene rings is 2. The van der Waals surface area contributed by atoms with Gasteiger partial charge in [-0.25, -0.2) is 4.79 Å². The fraction of sp³-hybridized carbons (Fsp3) is 0.227. The zero-order chi connectivity index (χ0) is 20.4. The van der Waals surface area contributed by atoms with Crippen molar-refractivity contribution < 1.29 is 19.1 Å². The summed E-state index contributed by atoms with van der Waals surface area (Å²) in [6.45, 7) is 0. The quantitative estimate of drug-likeness (QED) is 0.582. The topological polar surface area (TPSA) is 100 Å². The van der Waals surface area contributed by atoms with Gasteiger partial charge in [-0.3, -0.25) is 9.59 Å². The molecule has 0 aliphatic carbocycles. The lowest BCUT2D eigenvalue weighted by atomic mass is 9.89. The minimum absolute atomic E-state index is 0.0316. The monoisotopic (exact) mass is 391 g/mol. The van der Waals surface area contributed by atoms with Crippen molar-refractivity contribution in [3.63, 3.8) is 0 Å². The van der Waals surface area contributed by atoms with E-state index < -0.39 is 17.9 Å². The van der Waals surface area contributed by atoms with Crippen LogP contribution in [0.25, 0.3) is 10.9 Å². The Morgan fingerprint density at radius 1 is 1.17 bits per heavy atom. The van der Waals surface area contributed by atoms with Gasteiger partial charge in [-0.2, -0.15) is 0 Å². The van der Waals surface area contributed by atoms with Gasteiger partial charge in [-0.15, -0.1) is 0 Å². The summed E-state index contributed by atoms with van der Waals surface area (Å²) < 4.78 is 4.91. The summed E-state index contributed by atoms with van der Waals surface area (Å²) in [5.74, 6) is -1.79. The van der Waals surface area contributed by atoms with E-state index in [1.165, 1.54) is 7.11 Å². The van der Waals surface area contributed by atoms with Gasteiger partial charge in [0, 0.05) is 35.6 Å². The smallest absolute Gasteiger partial charge is 0.328 e. The predicted octanol–water partition coefficient (Wildman–Crippen LogP) is 2.49. The molecule has 4 rings (SSSR count). The van der Waals surface area contributed by atoms with Crippen LogP contribution in [0.1, 0.15) is 23.5 Å². The van der Waals surface area contributed by atoms with Gasteiger partial charge in [0.05, 0.1) is 13.0 Å². The number of carbonyl (C=O) groups is 3. The number of nitrogens with one attached hydrogen (secondary N) is 3. The molecule has 148 valence electrons. The van der Waals surface area contributed by atoms with Gasteiger partial charge in [-0.1, -0.05) is 36.4 Å². The Kier molecular flexibility index (Phi) is 5.03. The number of fused-ring (bicyclic) bond motifs is 2. The van der Waals surface area contributed by atoms with Crippen LogP contribution >= 0.6 is 0 Å². The zero-order valence-corrected chi connectivity index (χ0v) is 15.9. The molecular weight excluding hydrogens is 370 g/mol. The van der Waals surface area contributed by atoms with Crippen molar-refractivity contribution >= 4 is 34.4 Å². The maximum absolute atomic E-state index is 13.0. The van der Waals surface area contributed by atoms with Crippen LogP contribution < -0.4 is 10.6 Å². The average molecular weight is 391 g/mol. The number of hydrogen-bond donors (Lipinski definition) is 3. The van der Waals surface area contributed by atoms with E-state index in [2.05, 4.69) is 15.6 Å². The number of methoxy groups -OCH3 is 1. The number of H-pyrrole nitrogens is 1. The Bertz CT molecular complexity index is 1090. The third-order valence-corrected chi connectivity index (χ3v) is 5.22. The maximum Gasteiger partial charge on any atom is 0.328 e. The molecule has 3 aromatic rings. The Labute approximate surface area is 167 Å². The molecule has 3 N–H and O–H groups in total. The summed E-state index contributed by atoms with van der Waals surface area (Å²) in [7, 11) is 1.29. The number of rotatable bonds is 5. The maximum atomic E-state index is 13.0. The molecule has 1 aliphatic heterocycles. The molecule has 0 saturated carbocycles. The largest absolute Gasteiger partial charge is 0.467 e. The van der Waals surface area contributed by atoms with Gasteiger partial charge in [0.2, 0.25) is 11.8 Å². The molecule has 2 heterocycles. The standard InChI is InChI=1S/C22H21N3O4/c1-29-22(28)19(10-13-12-23-17-8-4-2-6-14(13)17)25-21(27)16-11-20(26)24-18-9-5-3-7-15(16)18/h2-9,12,16,19,23H,10-11H2,1H3,(H,24,26)(H,25,27)/t16?,19-/m1/s1. The summed E-state index contributed by atoms with van der Waals surface area (Å²) in [6.07, 6.45) is 2.14. The summed E-state index contributed by atoms with van der Waals surface area (Å²) in [5.41, 5.74) is 3.21.